The van der Waals surface area contributed by atoms with Crippen LogP contribution >= 0.6 is 0 Å². The van der Waals surface area contributed by atoms with E-state index in [0.717, 1.165) is 24.9 Å². The van der Waals surface area contributed by atoms with Crippen molar-refractivity contribution in [3.05, 3.63) is 70.0 Å². The predicted octanol–water partition coefficient (Wildman–Crippen LogP) is 3.87. The average molecular weight is 354 g/mol. The van der Waals surface area contributed by atoms with Crippen LogP contribution in [-0.2, 0) is 0 Å². The SMILES string of the molecule is O=[N+]([O-])c1ccc(C#C[C@@]2(O)CCCC[C@H]2Nc2ccc(F)cc2)cc1. The van der Waals surface area contributed by atoms with Crippen LogP contribution in [0.15, 0.2) is 48.5 Å². The highest BCUT2D eigenvalue weighted by atomic mass is 19.1. The number of benzene rings is 2. The van der Waals surface area contributed by atoms with Gasteiger partial charge in [0.2, 0.25) is 0 Å². The molecule has 0 amide bonds. The van der Waals surface area contributed by atoms with Crippen molar-refractivity contribution in [2.24, 2.45) is 0 Å². The fourth-order valence-electron chi connectivity index (χ4n) is 3.09. The Morgan fingerprint density at radius 1 is 1.15 bits per heavy atom. The lowest BCUT2D eigenvalue weighted by Gasteiger charge is -2.37. The molecule has 0 aliphatic heterocycles. The molecule has 2 atom stereocenters. The molecule has 134 valence electrons. The van der Waals surface area contributed by atoms with Gasteiger partial charge in [-0.3, -0.25) is 10.1 Å². The van der Waals surface area contributed by atoms with E-state index < -0.39 is 10.5 Å². The number of anilines is 1. The molecule has 26 heavy (non-hydrogen) atoms. The largest absolute Gasteiger partial charge is 0.378 e. The molecule has 6 heteroatoms. The molecule has 1 saturated carbocycles. The lowest BCUT2D eigenvalue weighted by molar-refractivity contribution is -0.384. The fraction of sp³-hybridized carbons (Fsp3) is 0.300. The number of aliphatic hydroxyl groups is 1. The van der Waals surface area contributed by atoms with Crippen molar-refractivity contribution in [3.8, 4) is 11.8 Å². The first-order valence-corrected chi connectivity index (χ1v) is 8.48. The Balaban J connectivity index is 1.79. The minimum atomic E-state index is -1.21. The minimum absolute atomic E-state index is 0.00258. The summed E-state index contributed by atoms with van der Waals surface area (Å²) in [6, 6.07) is 11.7. The quantitative estimate of drug-likeness (QED) is 0.498. The molecule has 0 heterocycles. The van der Waals surface area contributed by atoms with Gasteiger partial charge in [0.25, 0.3) is 5.69 Å². The van der Waals surface area contributed by atoms with Gasteiger partial charge in [0.1, 0.15) is 11.4 Å². The van der Waals surface area contributed by atoms with Crippen molar-refractivity contribution >= 4 is 11.4 Å². The molecule has 1 fully saturated rings. The number of nitro benzene ring substituents is 1. The van der Waals surface area contributed by atoms with Crippen molar-refractivity contribution in [3.63, 3.8) is 0 Å². The Kier molecular flexibility index (Phi) is 5.19. The Labute approximate surface area is 151 Å². The molecule has 0 radical (unpaired) electrons. The van der Waals surface area contributed by atoms with Gasteiger partial charge in [0.05, 0.1) is 11.0 Å². The Morgan fingerprint density at radius 3 is 2.50 bits per heavy atom. The van der Waals surface area contributed by atoms with Gasteiger partial charge in [-0.1, -0.05) is 18.3 Å². The molecular formula is C20H19FN2O3. The number of hydrogen-bond acceptors (Lipinski definition) is 4. The van der Waals surface area contributed by atoms with Gasteiger partial charge in [-0.2, -0.15) is 0 Å². The number of non-ortho nitro benzene ring substituents is 1. The molecule has 1 aliphatic rings. The molecule has 0 spiro atoms. The summed E-state index contributed by atoms with van der Waals surface area (Å²) in [6.45, 7) is 0. The Bertz CT molecular complexity index is 840. The lowest BCUT2D eigenvalue weighted by atomic mass is 9.80. The molecule has 0 aromatic heterocycles. The highest BCUT2D eigenvalue weighted by Crippen LogP contribution is 2.31. The highest BCUT2D eigenvalue weighted by molar-refractivity contribution is 5.47. The first kappa shape index (κ1) is 17.9. The summed E-state index contributed by atoms with van der Waals surface area (Å²) in [7, 11) is 0. The van der Waals surface area contributed by atoms with E-state index in [9.17, 15) is 19.6 Å². The van der Waals surface area contributed by atoms with Crippen LogP contribution < -0.4 is 5.32 Å². The van der Waals surface area contributed by atoms with Crippen LogP contribution in [0.5, 0.6) is 0 Å². The van der Waals surface area contributed by atoms with Crippen LogP contribution in [0.1, 0.15) is 31.2 Å². The summed E-state index contributed by atoms with van der Waals surface area (Å²) in [5, 5.41) is 25.0. The van der Waals surface area contributed by atoms with Crippen LogP contribution in [0.2, 0.25) is 0 Å². The number of nitrogens with zero attached hydrogens (tertiary/aromatic N) is 1. The maximum absolute atomic E-state index is 13.1. The molecule has 5 nitrogen and oxygen atoms in total. The summed E-state index contributed by atoms with van der Waals surface area (Å²) < 4.78 is 13.1. The average Bonchev–Trinajstić information content (AvgIpc) is 2.64. The third-order valence-corrected chi connectivity index (χ3v) is 4.56. The van der Waals surface area contributed by atoms with Crippen molar-refractivity contribution in [2.75, 3.05) is 5.32 Å². The Hall–Kier alpha value is -2.91. The molecule has 2 aromatic rings. The third-order valence-electron chi connectivity index (χ3n) is 4.56. The molecule has 1 aliphatic carbocycles. The van der Waals surface area contributed by atoms with E-state index in [1.54, 1.807) is 24.3 Å². The summed E-state index contributed by atoms with van der Waals surface area (Å²) >= 11 is 0. The first-order valence-electron chi connectivity index (χ1n) is 8.48. The molecule has 3 rings (SSSR count). The number of nitrogens with one attached hydrogen (secondary N) is 1. The standard InChI is InChI=1S/C20H19FN2O3/c21-16-6-8-17(9-7-16)22-19-3-1-2-13-20(19,24)14-12-15-4-10-18(11-5-15)23(25)26/h4-11,19,22,24H,1-3,13H2/t19-,20+/m1/s1. The Morgan fingerprint density at radius 2 is 1.85 bits per heavy atom. The second kappa shape index (κ2) is 7.54. The van der Waals surface area contributed by atoms with E-state index in [-0.39, 0.29) is 17.5 Å². The number of rotatable bonds is 3. The van der Waals surface area contributed by atoms with Crippen LogP contribution in [0.3, 0.4) is 0 Å². The highest BCUT2D eigenvalue weighted by Gasteiger charge is 2.37. The van der Waals surface area contributed by atoms with E-state index in [1.165, 1.54) is 24.3 Å². The van der Waals surface area contributed by atoms with Crippen LogP contribution in [0, 0.1) is 27.8 Å². The van der Waals surface area contributed by atoms with Gasteiger partial charge in [0.15, 0.2) is 0 Å². The lowest BCUT2D eigenvalue weighted by Crippen LogP contribution is -2.48. The second-order valence-corrected chi connectivity index (χ2v) is 6.43. The maximum Gasteiger partial charge on any atom is 0.269 e. The number of nitro groups is 1. The predicted molar refractivity (Wildman–Crippen MR) is 97.2 cm³/mol. The van der Waals surface area contributed by atoms with E-state index in [2.05, 4.69) is 17.2 Å². The van der Waals surface area contributed by atoms with Crippen molar-refractivity contribution in [2.45, 2.75) is 37.3 Å². The van der Waals surface area contributed by atoms with Gasteiger partial charge in [-0.25, -0.2) is 4.39 Å². The van der Waals surface area contributed by atoms with E-state index in [4.69, 9.17) is 0 Å². The summed E-state index contributed by atoms with van der Waals surface area (Å²) in [6.07, 6.45) is 3.13. The maximum atomic E-state index is 13.1. The van der Waals surface area contributed by atoms with Crippen LogP contribution in [0.25, 0.3) is 0 Å². The molecule has 0 unspecified atom stereocenters. The third kappa shape index (κ3) is 4.19. The van der Waals surface area contributed by atoms with Crippen molar-refractivity contribution in [1.29, 1.82) is 0 Å². The van der Waals surface area contributed by atoms with Gasteiger partial charge < -0.3 is 10.4 Å². The topological polar surface area (TPSA) is 75.4 Å². The summed E-state index contributed by atoms with van der Waals surface area (Å²) in [5.41, 5.74) is 0.126. The monoisotopic (exact) mass is 354 g/mol. The van der Waals surface area contributed by atoms with E-state index in [1.807, 2.05) is 0 Å². The minimum Gasteiger partial charge on any atom is -0.378 e. The van der Waals surface area contributed by atoms with Gasteiger partial charge in [-0.15, -0.1) is 0 Å². The van der Waals surface area contributed by atoms with E-state index in [0.29, 0.717) is 12.0 Å². The van der Waals surface area contributed by atoms with Crippen LogP contribution in [-0.4, -0.2) is 21.7 Å². The molecule has 2 aromatic carbocycles. The van der Waals surface area contributed by atoms with Crippen molar-refractivity contribution < 1.29 is 14.4 Å². The molecule has 0 saturated heterocycles. The zero-order valence-electron chi connectivity index (χ0n) is 14.1. The van der Waals surface area contributed by atoms with Crippen LogP contribution in [0.4, 0.5) is 15.8 Å². The van der Waals surface area contributed by atoms with Gasteiger partial charge >= 0.3 is 0 Å². The molecule has 2 N–H and O–H groups in total. The van der Waals surface area contributed by atoms with E-state index >= 15 is 0 Å². The summed E-state index contributed by atoms with van der Waals surface area (Å²) in [5.74, 6) is 5.55. The molecular weight excluding hydrogens is 335 g/mol. The zero-order valence-corrected chi connectivity index (χ0v) is 14.1. The zero-order chi connectivity index (χ0) is 18.6. The second-order valence-electron chi connectivity index (χ2n) is 6.43. The molecule has 0 bridgehead atoms. The van der Waals surface area contributed by atoms with Gasteiger partial charge in [-0.05, 0) is 55.7 Å². The van der Waals surface area contributed by atoms with Gasteiger partial charge in [0, 0.05) is 23.4 Å². The number of halogens is 1. The smallest absolute Gasteiger partial charge is 0.269 e. The van der Waals surface area contributed by atoms with Crippen molar-refractivity contribution in [1.82, 2.24) is 0 Å². The fourth-order valence-corrected chi connectivity index (χ4v) is 3.09. The first-order chi connectivity index (χ1) is 12.5. The summed E-state index contributed by atoms with van der Waals surface area (Å²) in [4.78, 5) is 10.2. The number of hydrogen-bond donors (Lipinski definition) is 2. The normalized spacial score (nSPS) is 22.2.